The van der Waals surface area contributed by atoms with Gasteiger partial charge in [-0.2, -0.15) is 0 Å². The fourth-order valence-electron chi connectivity index (χ4n) is 1.25. The summed E-state index contributed by atoms with van der Waals surface area (Å²) >= 11 is 0. The minimum Gasteiger partial charge on any atom is -0.481 e. The summed E-state index contributed by atoms with van der Waals surface area (Å²) in [7, 11) is 0. The Labute approximate surface area is 112 Å². The number of carbonyl (C=O) groups excluding carboxylic acids is 2. The minimum atomic E-state index is -1.18. The number of carboxylic acid groups (broad SMARTS) is 1. The number of hydrogen-bond donors (Lipinski definition) is 1. The number of rotatable bonds is 9. The average Bonchev–Trinajstić information content (AvgIpc) is 2.34. The summed E-state index contributed by atoms with van der Waals surface area (Å²) in [6.45, 7) is 7.26. The highest BCUT2D eigenvalue weighted by Crippen LogP contribution is 2.10. The molecule has 0 aliphatic heterocycles. The third-order valence-corrected chi connectivity index (χ3v) is 2.16. The Balaban J connectivity index is 4.48. The van der Waals surface area contributed by atoms with Gasteiger partial charge in [-0.05, 0) is 12.8 Å². The van der Waals surface area contributed by atoms with Gasteiger partial charge in [-0.25, -0.2) is 9.59 Å². The first-order chi connectivity index (χ1) is 8.92. The predicted octanol–water partition coefficient (Wildman–Crippen LogP) is 1.68. The molecule has 6 nitrogen and oxygen atoms in total. The van der Waals surface area contributed by atoms with Gasteiger partial charge in [0.25, 0.3) is 0 Å². The molecule has 1 atom stereocenters. The second kappa shape index (κ2) is 9.13. The van der Waals surface area contributed by atoms with Crippen LogP contribution in [-0.2, 0) is 23.9 Å². The van der Waals surface area contributed by atoms with Gasteiger partial charge in [0.05, 0.1) is 13.0 Å². The van der Waals surface area contributed by atoms with Crippen LogP contribution >= 0.6 is 0 Å². The molecule has 19 heavy (non-hydrogen) atoms. The molecule has 0 aliphatic carbocycles. The van der Waals surface area contributed by atoms with Crippen LogP contribution in [0.15, 0.2) is 12.2 Å². The van der Waals surface area contributed by atoms with Crippen LogP contribution in [0.3, 0.4) is 0 Å². The number of carboxylic acids is 1. The van der Waals surface area contributed by atoms with Gasteiger partial charge in [0, 0.05) is 5.57 Å². The summed E-state index contributed by atoms with van der Waals surface area (Å²) in [6.07, 6.45) is 0.111. The second-order valence-corrected chi connectivity index (χ2v) is 4.02. The SMILES string of the molecule is C=C(CC(=O)O)C(=O)OC(CCC)C(=O)OCCC. The lowest BCUT2D eigenvalue weighted by Crippen LogP contribution is -2.30. The van der Waals surface area contributed by atoms with Crippen LogP contribution < -0.4 is 0 Å². The summed E-state index contributed by atoms with van der Waals surface area (Å²) in [5.41, 5.74) is -0.197. The number of carbonyl (C=O) groups is 3. The third-order valence-electron chi connectivity index (χ3n) is 2.16. The summed E-state index contributed by atoms with van der Waals surface area (Å²) in [5, 5.41) is 8.54. The van der Waals surface area contributed by atoms with Gasteiger partial charge >= 0.3 is 17.9 Å². The van der Waals surface area contributed by atoms with Crippen LogP contribution in [0.2, 0.25) is 0 Å². The van der Waals surface area contributed by atoms with Gasteiger partial charge in [-0.1, -0.05) is 26.8 Å². The molecular weight excluding hydrogens is 252 g/mol. The van der Waals surface area contributed by atoms with Gasteiger partial charge in [0.2, 0.25) is 0 Å². The van der Waals surface area contributed by atoms with Crippen LogP contribution in [0.4, 0.5) is 0 Å². The summed E-state index contributed by atoms with van der Waals surface area (Å²) in [4.78, 5) is 33.6. The number of aliphatic carboxylic acids is 1. The van der Waals surface area contributed by atoms with Crippen molar-refractivity contribution < 1.29 is 29.0 Å². The summed E-state index contributed by atoms with van der Waals surface area (Å²) in [6, 6.07) is 0. The molecule has 0 bridgehead atoms. The molecule has 0 aromatic rings. The molecule has 0 saturated carbocycles. The Hall–Kier alpha value is -1.85. The maximum Gasteiger partial charge on any atom is 0.347 e. The number of ether oxygens (including phenoxy) is 2. The molecule has 0 radical (unpaired) electrons. The fraction of sp³-hybridized carbons (Fsp3) is 0.615. The Bertz CT molecular complexity index is 347. The minimum absolute atomic E-state index is 0.197. The normalized spacial score (nSPS) is 11.5. The molecule has 0 aliphatic rings. The van der Waals surface area contributed by atoms with Crippen molar-refractivity contribution in [3.8, 4) is 0 Å². The lowest BCUT2D eigenvalue weighted by molar-refractivity contribution is -0.166. The fourth-order valence-corrected chi connectivity index (χ4v) is 1.25. The molecule has 0 aromatic heterocycles. The standard InChI is InChI=1S/C13H20O6/c1-4-6-10(13(17)18-7-5-2)19-12(16)9(3)8-11(14)15/h10H,3-8H2,1-2H3,(H,14,15). The van der Waals surface area contributed by atoms with E-state index in [1.54, 1.807) is 0 Å². The van der Waals surface area contributed by atoms with E-state index >= 15 is 0 Å². The molecule has 0 heterocycles. The molecule has 0 fully saturated rings. The third kappa shape index (κ3) is 7.23. The molecular formula is C13H20O6. The van der Waals surface area contributed by atoms with Crippen molar-refractivity contribution in [2.75, 3.05) is 6.61 Å². The van der Waals surface area contributed by atoms with Crippen LogP contribution in [0.1, 0.15) is 39.5 Å². The zero-order valence-corrected chi connectivity index (χ0v) is 11.3. The van der Waals surface area contributed by atoms with E-state index in [1.165, 1.54) is 0 Å². The van der Waals surface area contributed by atoms with E-state index in [1.807, 2.05) is 13.8 Å². The van der Waals surface area contributed by atoms with Crippen molar-refractivity contribution in [2.24, 2.45) is 0 Å². The van der Waals surface area contributed by atoms with Crippen molar-refractivity contribution in [3.05, 3.63) is 12.2 Å². The van der Waals surface area contributed by atoms with Gasteiger partial charge in [0.15, 0.2) is 6.10 Å². The predicted molar refractivity (Wildman–Crippen MR) is 67.4 cm³/mol. The number of esters is 2. The molecule has 0 amide bonds. The van der Waals surface area contributed by atoms with Crippen LogP contribution in [0, 0.1) is 0 Å². The molecule has 108 valence electrons. The molecule has 0 spiro atoms. The van der Waals surface area contributed by atoms with Gasteiger partial charge < -0.3 is 14.6 Å². The zero-order valence-electron chi connectivity index (χ0n) is 11.3. The van der Waals surface area contributed by atoms with E-state index in [0.717, 1.165) is 0 Å². The topological polar surface area (TPSA) is 89.9 Å². The van der Waals surface area contributed by atoms with E-state index in [0.29, 0.717) is 19.3 Å². The largest absolute Gasteiger partial charge is 0.481 e. The van der Waals surface area contributed by atoms with Crippen molar-refractivity contribution in [1.82, 2.24) is 0 Å². The Kier molecular flexibility index (Phi) is 8.24. The first kappa shape index (κ1) is 17.2. The van der Waals surface area contributed by atoms with E-state index in [-0.39, 0.29) is 12.2 Å². The van der Waals surface area contributed by atoms with Gasteiger partial charge in [-0.15, -0.1) is 0 Å². The highest BCUT2D eigenvalue weighted by Gasteiger charge is 2.25. The summed E-state index contributed by atoms with van der Waals surface area (Å²) < 4.78 is 9.84. The van der Waals surface area contributed by atoms with Crippen LogP contribution in [0.25, 0.3) is 0 Å². The van der Waals surface area contributed by atoms with E-state index < -0.39 is 30.4 Å². The Morgan fingerprint density at radius 3 is 2.32 bits per heavy atom. The maximum absolute atomic E-state index is 11.6. The van der Waals surface area contributed by atoms with Crippen molar-refractivity contribution >= 4 is 17.9 Å². The van der Waals surface area contributed by atoms with Crippen molar-refractivity contribution in [3.63, 3.8) is 0 Å². The smallest absolute Gasteiger partial charge is 0.347 e. The average molecular weight is 272 g/mol. The first-order valence-electron chi connectivity index (χ1n) is 6.19. The van der Waals surface area contributed by atoms with Crippen LogP contribution in [0.5, 0.6) is 0 Å². The van der Waals surface area contributed by atoms with E-state index in [2.05, 4.69) is 6.58 Å². The molecule has 0 saturated heterocycles. The van der Waals surface area contributed by atoms with Gasteiger partial charge in [0.1, 0.15) is 0 Å². The first-order valence-corrected chi connectivity index (χ1v) is 6.19. The van der Waals surface area contributed by atoms with E-state index in [9.17, 15) is 14.4 Å². The number of hydrogen-bond acceptors (Lipinski definition) is 5. The molecule has 0 rings (SSSR count). The molecule has 0 aromatic carbocycles. The van der Waals surface area contributed by atoms with Gasteiger partial charge in [-0.3, -0.25) is 4.79 Å². The second-order valence-electron chi connectivity index (χ2n) is 4.02. The Morgan fingerprint density at radius 1 is 1.21 bits per heavy atom. The monoisotopic (exact) mass is 272 g/mol. The summed E-state index contributed by atoms with van der Waals surface area (Å²) in [5.74, 6) is -2.67. The lowest BCUT2D eigenvalue weighted by Gasteiger charge is -2.16. The Morgan fingerprint density at radius 2 is 1.84 bits per heavy atom. The zero-order chi connectivity index (χ0) is 14.8. The molecule has 6 heteroatoms. The van der Waals surface area contributed by atoms with Crippen LogP contribution in [-0.4, -0.2) is 35.7 Å². The van der Waals surface area contributed by atoms with Crippen molar-refractivity contribution in [1.29, 1.82) is 0 Å². The van der Waals surface area contributed by atoms with Crippen molar-refractivity contribution in [2.45, 2.75) is 45.6 Å². The van der Waals surface area contributed by atoms with E-state index in [4.69, 9.17) is 14.6 Å². The quantitative estimate of drug-likeness (QED) is 0.507. The highest BCUT2D eigenvalue weighted by molar-refractivity contribution is 5.94. The maximum atomic E-state index is 11.6. The molecule has 1 N–H and O–H groups in total. The molecule has 1 unspecified atom stereocenters. The lowest BCUT2D eigenvalue weighted by atomic mass is 10.2. The highest BCUT2D eigenvalue weighted by atomic mass is 16.6.